The third-order valence-electron chi connectivity index (χ3n) is 2.11. The van der Waals surface area contributed by atoms with Crippen molar-refractivity contribution in [2.75, 3.05) is 0 Å². The Kier molecular flexibility index (Phi) is 2.86. The predicted octanol–water partition coefficient (Wildman–Crippen LogP) is 2.94. The molecule has 0 spiro atoms. The van der Waals surface area contributed by atoms with Crippen LogP contribution in [0.4, 0.5) is 4.39 Å². The fourth-order valence-corrected chi connectivity index (χ4v) is 2.16. The van der Waals surface area contributed by atoms with Gasteiger partial charge in [0.15, 0.2) is 0 Å². The van der Waals surface area contributed by atoms with E-state index in [2.05, 4.69) is 22.6 Å². The van der Waals surface area contributed by atoms with Crippen LogP contribution in [-0.4, -0.2) is 11.0 Å². The van der Waals surface area contributed by atoms with Crippen LogP contribution in [0.1, 0.15) is 0 Å². The summed E-state index contributed by atoms with van der Waals surface area (Å²) in [6.07, 6.45) is 2.29. The highest BCUT2D eigenvalue weighted by atomic mass is 127. The van der Waals surface area contributed by atoms with Gasteiger partial charge >= 0.3 is 0 Å². The van der Waals surface area contributed by atoms with Gasteiger partial charge < -0.3 is 0 Å². The Morgan fingerprint density at radius 3 is 2.67 bits per heavy atom. The molecular formula is C11H7FINO. The van der Waals surface area contributed by atoms with E-state index in [1.165, 1.54) is 10.6 Å². The first-order valence-corrected chi connectivity index (χ1v) is 5.38. The molecule has 1 heterocycles. The Bertz CT molecular complexity index is 507. The van der Waals surface area contributed by atoms with Crippen LogP contribution >= 0.6 is 22.6 Å². The predicted molar refractivity (Wildman–Crippen MR) is 64.7 cm³/mol. The number of benzene rings is 1. The van der Waals surface area contributed by atoms with Crippen LogP contribution in [0.3, 0.4) is 0 Å². The van der Waals surface area contributed by atoms with Crippen LogP contribution in [-0.2, 0) is 4.79 Å². The lowest BCUT2D eigenvalue weighted by atomic mass is 10.1. The standard InChI is InChI=1S/C11H7FINO/c12-9-4-2-1-3-8(9)11-10(13)5-6-14(11)7-15/h1-7H. The van der Waals surface area contributed by atoms with E-state index in [0.29, 0.717) is 17.7 Å². The van der Waals surface area contributed by atoms with E-state index in [-0.39, 0.29) is 5.82 Å². The maximum atomic E-state index is 13.5. The second-order valence-electron chi connectivity index (χ2n) is 3.00. The highest BCUT2D eigenvalue weighted by molar-refractivity contribution is 14.1. The molecule has 0 aliphatic heterocycles. The van der Waals surface area contributed by atoms with Gasteiger partial charge in [-0.1, -0.05) is 12.1 Å². The minimum absolute atomic E-state index is 0.322. The highest BCUT2D eigenvalue weighted by Gasteiger charge is 2.12. The van der Waals surface area contributed by atoms with E-state index in [1.807, 2.05) is 0 Å². The number of nitrogens with zero attached hydrogens (tertiary/aromatic N) is 1. The van der Waals surface area contributed by atoms with E-state index < -0.39 is 0 Å². The average Bonchev–Trinajstić information content (AvgIpc) is 2.60. The summed E-state index contributed by atoms with van der Waals surface area (Å²) in [6, 6.07) is 8.19. The summed E-state index contributed by atoms with van der Waals surface area (Å²) in [5, 5.41) is 0. The number of hydrogen-bond acceptors (Lipinski definition) is 1. The number of rotatable bonds is 2. The van der Waals surface area contributed by atoms with Gasteiger partial charge in [-0.15, -0.1) is 0 Å². The molecule has 4 heteroatoms. The van der Waals surface area contributed by atoms with Crippen LogP contribution in [0, 0.1) is 9.39 Å². The molecule has 76 valence electrons. The minimum atomic E-state index is -0.322. The van der Waals surface area contributed by atoms with E-state index in [1.54, 1.807) is 30.5 Å². The molecule has 1 aromatic heterocycles. The van der Waals surface area contributed by atoms with E-state index in [9.17, 15) is 9.18 Å². The van der Waals surface area contributed by atoms with Gasteiger partial charge in [0.1, 0.15) is 5.82 Å². The fourth-order valence-electron chi connectivity index (χ4n) is 1.43. The molecule has 0 N–H and O–H groups in total. The van der Waals surface area contributed by atoms with Crippen molar-refractivity contribution in [1.82, 2.24) is 4.57 Å². The minimum Gasteiger partial charge on any atom is -0.289 e. The number of halogens is 2. The zero-order valence-corrected chi connectivity index (χ0v) is 9.81. The second-order valence-corrected chi connectivity index (χ2v) is 4.17. The maximum absolute atomic E-state index is 13.5. The van der Waals surface area contributed by atoms with E-state index >= 15 is 0 Å². The van der Waals surface area contributed by atoms with Gasteiger partial charge in [-0.2, -0.15) is 0 Å². The number of carbonyl (C=O) groups excluding carboxylic acids is 1. The first kappa shape index (κ1) is 10.4. The summed E-state index contributed by atoms with van der Waals surface area (Å²) in [7, 11) is 0. The van der Waals surface area contributed by atoms with Gasteiger partial charge in [0.25, 0.3) is 0 Å². The molecule has 0 saturated carbocycles. The zero-order chi connectivity index (χ0) is 10.8. The van der Waals surface area contributed by atoms with Crippen molar-refractivity contribution < 1.29 is 9.18 Å². The summed E-state index contributed by atoms with van der Waals surface area (Å²) in [4.78, 5) is 10.8. The zero-order valence-electron chi connectivity index (χ0n) is 7.65. The van der Waals surface area contributed by atoms with Gasteiger partial charge in [0, 0.05) is 15.3 Å². The molecular weight excluding hydrogens is 308 g/mol. The molecule has 0 amide bonds. The van der Waals surface area contributed by atoms with Gasteiger partial charge in [-0.3, -0.25) is 9.36 Å². The SMILES string of the molecule is O=Cn1ccc(I)c1-c1ccccc1F. The summed E-state index contributed by atoms with van der Waals surface area (Å²) in [5.41, 5.74) is 1.04. The molecule has 0 aliphatic rings. The monoisotopic (exact) mass is 315 g/mol. The molecule has 0 fully saturated rings. The topological polar surface area (TPSA) is 22.0 Å². The molecule has 2 nitrogen and oxygen atoms in total. The maximum Gasteiger partial charge on any atom is 0.218 e. The smallest absolute Gasteiger partial charge is 0.218 e. The van der Waals surface area contributed by atoms with Crippen molar-refractivity contribution in [3.05, 3.63) is 45.9 Å². The molecule has 0 saturated heterocycles. The molecule has 15 heavy (non-hydrogen) atoms. The van der Waals surface area contributed by atoms with Crippen LogP contribution in [0.25, 0.3) is 11.3 Å². The first-order valence-electron chi connectivity index (χ1n) is 4.30. The summed E-state index contributed by atoms with van der Waals surface area (Å²) in [6.45, 7) is 0. The average molecular weight is 315 g/mol. The van der Waals surface area contributed by atoms with Crippen LogP contribution in [0.5, 0.6) is 0 Å². The molecule has 2 rings (SSSR count). The van der Waals surface area contributed by atoms with Gasteiger partial charge in [0.2, 0.25) is 6.41 Å². The van der Waals surface area contributed by atoms with Crippen molar-refractivity contribution in [3.63, 3.8) is 0 Å². The third kappa shape index (κ3) is 1.81. The summed E-state index contributed by atoms with van der Waals surface area (Å²) in [5.74, 6) is -0.322. The summed E-state index contributed by atoms with van der Waals surface area (Å²) >= 11 is 2.08. The molecule has 0 atom stereocenters. The van der Waals surface area contributed by atoms with Crippen molar-refractivity contribution in [2.45, 2.75) is 0 Å². The summed E-state index contributed by atoms with van der Waals surface area (Å²) < 4.78 is 15.7. The number of carbonyl (C=O) groups is 1. The molecule has 0 unspecified atom stereocenters. The van der Waals surface area contributed by atoms with Crippen LogP contribution in [0.2, 0.25) is 0 Å². The van der Waals surface area contributed by atoms with Gasteiger partial charge in [-0.25, -0.2) is 4.39 Å². The number of aromatic nitrogens is 1. The van der Waals surface area contributed by atoms with Crippen LogP contribution < -0.4 is 0 Å². The van der Waals surface area contributed by atoms with Crippen LogP contribution in [0.15, 0.2) is 36.5 Å². The Balaban J connectivity index is 2.68. The Morgan fingerprint density at radius 1 is 1.27 bits per heavy atom. The Labute approximate surface area is 99.9 Å². The normalized spacial score (nSPS) is 10.3. The second kappa shape index (κ2) is 4.14. The first-order chi connectivity index (χ1) is 7.24. The van der Waals surface area contributed by atoms with E-state index in [4.69, 9.17) is 0 Å². The molecule has 0 bridgehead atoms. The lowest BCUT2D eigenvalue weighted by Crippen LogP contribution is -1.97. The van der Waals surface area contributed by atoms with Gasteiger partial charge in [-0.05, 0) is 40.8 Å². The Morgan fingerprint density at radius 2 is 2.00 bits per heavy atom. The largest absolute Gasteiger partial charge is 0.289 e. The lowest BCUT2D eigenvalue weighted by molar-refractivity contribution is 0.548. The molecule has 0 radical (unpaired) electrons. The lowest BCUT2D eigenvalue weighted by Gasteiger charge is -2.04. The van der Waals surface area contributed by atoms with E-state index in [0.717, 1.165) is 3.57 Å². The van der Waals surface area contributed by atoms with Crippen molar-refractivity contribution in [3.8, 4) is 11.3 Å². The van der Waals surface area contributed by atoms with Crippen molar-refractivity contribution in [2.24, 2.45) is 0 Å². The van der Waals surface area contributed by atoms with Crippen molar-refractivity contribution >= 4 is 29.0 Å². The molecule has 2 aromatic rings. The van der Waals surface area contributed by atoms with Gasteiger partial charge in [0.05, 0.1) is 5.69 Å². The quantitative estimate of drug-likeness (QED) is 0.617. The van der Waals surface area contributed by atoms with Crippen molar-refractivity contribution in [1.29, 1.82) is 0 Å². The molecule has 1 aromatic carbocycles. The third-order valence-corrected chi connectivity index (χ3v) is 2.98. The fraction of sp³-hybridized carbons (Fsp3) is 0. The Hall–Kier alpha value is -1.17. The number of hydrogen-bond donors (Lipinski definition) is 0. The molecule has 0 aliphatic carbocycles. The highest BCUT2D eigenvalue weighted by Crippen LogP contribution is 2.27.